The number of benzene rings is 2. The number of fused-ring (bicyclic) bond motifs is 6. The molecule has 166 valence electrons. The van der Waals surface area contributed by atoms with Crippen molar-refractivity contribution in [2.75, 3.05) is 11.9 Å². The van der Waals surface area contributed by atoms with Gasteiger partial charge in [-0.25, -0.2) is 4.98 Å². The molecule has 1 N–H and O–H groups in total. The van der Waals surface area contributed by atoms with Crippen LogP contribution in [0.25, 0.3) is 27.3 Å². The molecule has 4 aromatic rings. The van der Waals surface area contributed by atoms with Crippen molar-refractivity contribution in [1.82, 2.24) is 14.3 Å². The van der Waals surface area contributed by atoms with Crippen LogP contribution in [0.1, 0.15) is 31.5 Å². The van der Waals surface area contributed by atoms with Crippen LogP contribution >= 0.6 is 0 Å². The summed E-state index contributed by atoms with van der Waals surface area (Å²) >= 11 is 0. The van der Waals surface area contributed by atoms with Crippen molar-refractivity contribution in [2.24, 2.45) is 11.8 Å². The first-order valence-corrected chi connectivity index (χ1v) is 11.5. The summed E-state index contributed by atoms with van der Waals surface area (Å²) in [5.74, 6) is -0.462. The molecule has 6 rings (SSSR count). The van der Waals surface area contributed by atoms with Gasteiger partial charge in [0.2, 0.25) is 17.7 Å². The van der Waals surface area contributed by atoms with E-state index in [2.05, 4.69) is 5.32 Å². The van der Waals surface area contributed by atoms with Crippen LogP contribution in [0.2, 0.25) is 0 Å². The average Bonchev–Trinajstić information content (AvgIpc) is 3.28. The van der Waals surface area contributed by atoms with Crippen LogP contribution in [0, 0.1) is 18.8 Å². The second-order valence-electron chi connectivity index (χ2n) is 9.06. The molecule has 2 fully saturated rings. The van der Waals surface area contributed by atoms with E-state index in [4.69, 9.17) is 4.98 Å². The van der Waals surface area contributed by atoms with Crippen molar-refractivity contribution in [1.29, 1.82) is 0 Å². The van der Waals surface area contributed by atoms with Crippen molar-refractivity contribution in [2.45, 2.75) is 32.6 Å². The topological polar surface area (TPSA) is 83.8 Å². The minimum absolute atomic E-state index is 0.197. The summed E-state index contributed by atoms with van der Waals surface area (Å²) in [6.45, 7) is 1.69. The van der Waals surface area contributed by atoms with Crippen LogP contribution < -0.4 is 5.32 Å². The highest BCUT2D eigenvalue weighted by Crippen LogP contribution is 2.39. The van der Waals surface area contributed by atoms with E-state index in [0.29, 0.717) is 5.69 Å². The molecular formula is C26H24N4O3. The van der Waals surface area contributed by atoms with Crippen LogP contribution in [-0.2, 0) is 14.4 Å². The monoisotopic (exact) mass is 440 g/mol. The van der Waals surface area contributed by atoms with Crippen molar-refractivity contribution in [3.8, 4) is 0 Å². The van der Waals surface area contributed by atoms with Crippen molar-refractivity contribution < 1.29 is 14.4 Å². The molecule has 1 aliphatic carbocycles. The standard InChI is InChI=1S/C26H24N4O3/c1-15-27-20-12-6-4-10-18(20)24-23(19-11-5-7-13-21(19)30(15)24)28-22(31)14-29-25(32)16-8-2-3-9-17(16)26(29)33/h4-7,10-13,16-17H,2-3,8-9,14H2,1H3,(H,28,31). The Kier molecular flexibility index (Phi) is 4.47. The highest BCUT2D eigenvalue weighted by atomic mass is 16.2. The van der Waals surface area contributed by atoms with Crippen LogP contribution in [-0.4, -0.2) is 38.6 Å². The summed E-state index contributed by atoms with van der Waals surface area (Å²) in [5.41, 5.74) is 3.32. The number of rotatable bonds is 3. The molecule has 2 unspecified atom stereocenters. The molecule has 2 atom stereocenters. The SMILES string of the molecule is Cc1nc2ccccc2c2c(NC(=O)CN3C(=O)C4CCCCC4C3=O)c3ccccc3n12. The molecule has 3 amide bonds. The molecular weight excluding hydrogens is 416 g/mol. The Bertz CT molecular complexity index is 1450. The Morgan fingerprint density at radius 3 is 2.33 bits per heavy atom. The highest BCUT2D eigenvalue weighted by Gasteiger charge is 2.48. The zero-order chi connectivity index (χ0) is 22.7. The van der Waals surface area contributed by atoms with Gasteiger partial charge in [0.1, 0.15) is 12.4 Å². The third-order valence-electron chi connectivity index (χ3n) is 7.14. The molecule has 7 nitrogen and oxygen atoms in total. The Hall–Kier alpha value is -3.74. The van der Waals surface area contributed by atoms with Crippen LogP contribution in [0.3, 0.4) is 0 Å². The molecule has 1 aliphatic heterocycles. The van der Waals surface area contributed by atoms with Crippen molar-refractivity contribution >= 4 is 50.7 Å². The predicted molar refractivity (Wildman–Crippen MR) is 126 cm³/mol. The van der Waals surface area contributed by atoms with Gasteiger partial charge >= 0.3 is 0 Å². The fourth-order valence-electron chi connectivity index (χ4n) is 5.66. The number of hydrogen-bond acceptors (Lipinski definition) is 4. The quantitative estimate of drug-likeness (QED) is 0.487. The van der Waals surface area contributed by atoms with Gasteiger partial charge in [0.15, 0.2) is 0 Å². The molecule has 3 heterocycles. The van der Waals surface area contributed by atoms with Crippen molar-refractivity contribution in [3.05, 3.63) is 54.4 Å². The fourth-order valence-corrected chi connectivity index (χ4v) is 5.66. The summed E-state index contributed by atoms with van der Waals surface area (Å²) in [5, 5.41) is 4.86. The van der Waals surface area contributed by atoms with Crippen LogP contribution in [0.15, 0.2) is 48.5 Å². The van der Waals surface area contributed by atoms with Crippen molar-refractivity contribution in [3.63, 3.8) is 0 Å². The first kappa shape index (κ1) is 19.9. The van der Waals surface area contributed by atoms with Crippen LogP contribution in [0.4, 0.5) is 5.69 Å². The zero-order valence-corrected chi connectivity index (χ0v) is 18.4. The molecule has 7 heteroatoms. The van der Waals surface area contributed by atoms with Gasteiger partial charge < -0.3 is 5.32 Å². The Morgan fingerprint density at radius 1 is 0.970 bits per heavy atom. The Morgan fingerprint density at radius 2 is 1.61 bits per heavy atom. The number of hydrogen-bond donors (Lipinski definition) is 1. The van der Waals surface area contributed by atoms with Gasteiger partial charge in [0.25, 0.3) is 0 Å². The first-order valence-electron chi connectivity index (χ1n) is 11.5. The maximum absolute atomic E-state index is 13.2. The molecule has 0 radical (unpaired) electrons. The molecule has 33 heavy (non-hydrogen) atoms. The number of anilines is 1. The lowest BCUT2D eigenvalue weighted by molar-refractivity contribution is -0.142. The summed E-state index contributed by atoms with van der Waals surface area (Å²) in [4.78, 5) is 44.8. The number of para-hydroxylation sites is 2. The summed E-state index contributed by atoms with van der Waals surface area (Å²) < 4.78 is 2.05. The first-order chi connectivity index (χ1) is 16.0. The number of amides is 3. The minimum Gasteiger partial charge on any atom is -0.322 e. The third kappa shape index (κ3) is 2.95. The lowest BCUT2D eigenvalue weighted by Crippen LogP contribution is -2.38. The molecule has 1 saturated heterocycles. The number of likely N-dealkylation sites (tertiary alicyclic amines) is 1. The Labute approximate surface area is 190 Å². The van der Waals surface area contributed by atoms with E-state index in [-0.39, 0.29) is 36.1 Å². The highest BCUT2D eigenvalue weighted by molar-refractivity contribution is 6.17. The van der Waals surface area contributed by atoms with Gasteiger partial charge in [-0.1, -0.05) is 49.2 Å². The van der Waals surface area contributed by atoms with E-state index in [1.807, 2.05) is 59.9 Å². The average molecular weight is 441 g/mol. The molecule has 0 spiro atoms. The van der Waals surface area contributed by atoms with Gasteiger partial charge in [0.05, 0.1) is 34.1 Å². The number of carbonyl (C=O) groups excluding carboxylic acids is 3. The number of aryl methyl sites for hydroxylation is 1. The largest absolute Gasteiger partial charge is 0.322 e. The third-order valence-corrected chi connectivity index (χ3v) is 7.14. The smallest absolute Gasteiger partial charge is 0.244 e. The van der Waals surface area contributed by atoms with E-state index >= 15 is 0 Å². The van der Waals surface area contributed by atoms with Gasteiger partial charge in [-0.05, 0) is 31.9 Å². The summed E-state index contributed by atoms with van der Waals surface area (Å²) in [7, 11) is 0. The number of aromatic nitrogens is 2. The summed E-state index contributed by atoms with van der Waals surface area (Å²) in [6.07, 6.45) is 3.40. The second kappa shape index (κ2) is 7.40. The maximum Gasteiger partial charge on any atom is 0.244 e. The normalized spacial score (nSPS) is 20.7. The van der Waals surface area contributed by atoms with E-state index in [0.717, 1.165) is 58.8 Å². The number of nitrogens with zero attached hydrogens (tertiary/aromatic N) is 3. The van der Waals surface area contributed by atoms with Crippen LogP contribution in [0.5, 0.6) is 0 Å². The van der Waals surface area contributed by atoms with Gasteiger partial charge in [-0.15, -0.1) is 0 Å². The van der Waals surface area contributed by atoms with Gasteiger partial charge in [0, 0.05) is 10.8 Å². The number of carbonyl (C=O) groups is 3. The van der Waals surface area contributed by atoms with E-state index in [1.165, 1.54) is 4.90 Å². The molecule has 2 aliphatic rings. The molecule has 1 saturated carbocycles. The predicted octanol–water partition coefficient (Wildman–Crippen LogP) is 4.06. The van der Waals surface area contributed by atoms with E-state index in [9.17, 15) is 14.4 Å². The summed E-state index contributed by atoms with van der Waals surface area (Å²) in [6, 6.07) is 15.7. The van der Waals surface area contributed by atoms with Gasteiger partial charge in [-0.3, -0.25) is 23.7 Å². The number of nitrogens with one attached hydrogen (secondary N) is 1. The molecule has 2 aromatic carbocycles. The number of imide groups is 1. The minimum atomic E-state index is -0.368. The maximum atomic E-state index is 13.2. The fraction of sp³-hybridized carbons (Fsp3) is 0.308. The Balaban J connectivity index is 1.42. The zero-order valence-electron chi connectivity index (χ0n) is 18.4. The lowest BCUT2D eigenvalue weighted by Gasteiger charge is -2.19. The van der Waals surface area contributed by atoms with E-state index < -0.39 is 0 Å². The lowest BCUT2D eigenvalue weighted by atomic mass is 9.81. The molecule has 2 aromatic heterocycles. The second-order valence-corrected chi connectivity index (χ2v) is 9.06. The molecule has 0 bridgehead atoms. The van der Waals surface area contributed by atoms with Gasteiger partial charge in [-0.2, -0.15) is 0 Å². The van der Waals surface area contributed by atoms with E-state index in [1.54, 1.807) is 0 Å².